The maximum Gasteiger partial charge on any atom is 0.130 e. The summed E-state index contributed by atoms with van der Waals surface area (Å²) in [6.45, 7) is 6.24. The zero-order chi connectivity index (χ0) is 12.2. The van der Waals surface area contributed by atoms with Crippen LogP contribution in [0, 0.1) is 0 Å². The van der Waals surface area contributed by atoms with Crippen molar-refractivity contribution in [2.45, 2.75) is 26.2 Å². The average molecular weight is 222 g/mol. The Morgan fingerprint density at radius 3 is 2.56 bits per heavy atom. The third-order valence-corrected chi connectivity index (χ3v) is 2.47. The molecule has 88 valence electrons. The molecule has 0 aromatic heterocycles. The Balaban J connectivity index is 3.21. The van der Waals surface area contributed by atoms with Gasteiger partial charge in [0.25, 0.3) is 0 Å². The zero-order valence-corrected chi connectivity index (χ0v) is 10.2. The van der Waals surface area contributed by atoms with Gasteiger partial charge in [-0.25, -0.2) is 0 Å². The van der Waals surface area contributed by atoms with E-state index in [4.69, 9.17) is 9.47 Å². The molecule has 0 amide bonds. The van der Waals surface area contributed by atoms with Crippen LogP contribution < -0.4 is 9.47 Å². The van der Waals surface area contributed by atoms with E-state index in [1.165, 1.54) is 0 Å². The van der Waals surface area contributed by atoms with Crippen LogP contribution in [0.1, 0.15) is 26.3 Å². The molecule has 0 aliphatic carbocycles. The molecule has 0 saturated carbocycles. The van der Waals surface area contributed by atoms with Gasteiger partial charge >= 0.3 is 0 Å². The summed E-state index contributed by atoms with van der Waals surface area (Å²) in [6.07, 6.45) is 0.917. The molecule has 0 atom stereocenters. The Labute approximate surface area is 96.4 Å². The number of rotatable bonds is 5. The number of carbonyl (C=O) groups excluding carboxylic acids is 1. The second-order valence-electron chi connectivity index (χ2n) is 4.13. The molecule has 0 N–H and O–H groups in total. The van der Waals surface area contributed by atoms with E-state index in [2.05, 4.69) is 0 Å². The van der Waals surface area contributed by atoms with Crippen LogP contribution >= 0.6 is 0 Å². The fourth-order valence-electron chi connectivity index (χ4n) is 1.51. The van der Waals surface area contributed by atoms with Crippen molar-refractivity contribution in [3.8, 4) is 11.5 Å². The minimum atomic E-state index is -0.571. The molecule has 3 nitrogen and oxygen atoms in total. The Bertz CT molecular complexity index is 369. The van der Waals surface area contributed by atoms with Gasteiger partial charge < -0.3 is 14.3 Å². The van der Waals surface area contributed by atoms with Gasteiger partial charge in [-0.15, -0.1) is 0 Å². The van der Waals surface area contributed by atoms with Gasteiger partial charge in [0.1, 0.15) is 17.8 Å². The number of methoxy groups -OCH3 is 1. The van der Waals surface area contributed by atoms with Crippen LogP contribution in [0.15, 0.2) is 18.2 Å². The van der Waals surface area contributed by atoms with E-state index in [1.54, 1.807) is 7.11 Å². The Hall–Kier alpha value is -1.51. The van der Waals surface area contributed by atoms with E-state index in [-0.39, 0.29) is 0 Å². The molecule has 0 spiro atoms. The number of hydrogen-bond acceptors (Lipinski definition) is 3. The van der Waals surface area contributed by atoms with Crippen LogP contribution in [-0.2, 0) is 10.2 Å². The third-order valence-electron chi connectivity index (χ3n) is 2.47. The van der Waals surface area contributed by atoms with Gasteiger partial charge in [0, 0.05) is 11.0 Å². The molecule has 0 saturated heterocycles. The largest absolute Gasteiger partial charge is 0.496 e. The summed E-state index contributed by atoms with van der Waals surface area (Å²) in [7, 11) is 1.60. The number of hydrogen-bond donors (Lipinski definition) is 0. The SMILES string of the molecule is CCOc1ccc(OC)c(C(C)(C)C=O)c1. The maximum atomic E-state index is 11.1. The van der Waals surface area contributed by atoms with Gasteiger partial charge in [-0.05, 0) is 39.0 Å². The quantitative estimate of drug-likeness (QED) is 0.718. The Morgan fingerprint density at radius 2 is 2.06 bits per heavy atom. The summed E-state index contributed by atoms with van der Waals surface area (Å²) in [6, 6.07) is 5.52. The molecule has 0 fully saturated rings. The highest BCUT2D eigenvalue weighted by Crippen LogP contribution is 2.33. The van der Waals surface area contributed by atoms with Crippen molar-refractivity contribution in [3.05, 3.63) is 23.8 Å². The molecule has 1 aromatic rings. The van der Waals surface area contributed by atoms with E-state index < -0.39 is 5.41 Å². The van der Waals surface area contributed by atoms with E-state index in [9.17, 15) is 4.79 Å². The Morgan fingerprint density at radius 1 is 1.38 bits per heavy atom. The second-order valence-corrected chi connectivity index (χ2v) is 4.13. The highest BCUT2D eigenvalue weighted by Gasteiger charge is 2.24. The summed E-state index contributed by atoms with van der Waals surface area (Å²) in [4.78, 5) is 11.1. The minimum Gasteiger partial charge on any atom is -0.496 e. The monoisotopic (exact) mass is 222 g/mol. The van der Waals surface area contributed by atoms with Crippen LogP contribution in [0.5, 0.6) is 11.5 Å². The van der Waals surface area contributed by atoms with Crippen LogP contribution in [0.3, 0.4) is 0 Å². The van der Waals surface area contributed by atoms with Crippen molar-refractivity contribution in [2.24, 2.45) is 0 Å². The minimum absolute atomic E-state index is 0.571. The topological polar surface area (TPSA) is 35.5 Å². The van der Waals surface area contributed by atoms with Gasteiger partial charge in [0.15, 0.2) is 0 Å². The molecular weight excluding hydrogens is 204 g/mol. The van der Waals surface area contributed by atoms with E-state index in [1.807, 2.05) is 39.0 Å². The van der Waals surface area contributed by atoms with E-state index >= 15 is 0 Å². The first-order chi connectivity index (χ1) is 7.55. The molecular formula is C13H18O3. The van der Waals surface area contributed by atoms with Gasteiger partial charge in [0.05, 0.1) is 13.7 Å². The molecule has 0 radical (unpaired) electrons. The lowest BCUT2D eigenvalue weighted by atomic mass is 9.85. The first kappa shape index (κ1) is 12.6. The predicted molar refractivity (Wildman–Crippen MR) is 63.3 cm³/mol. The first-order valence-corrected chi connectivity index (χ1v) is 5.32. The van der Waals surface area contributed by atoms with Gasteiger partial charge in [-0.3, -0.25) is 0 Å². The second kappa shape index (κ2) is 5.01. The lowest BCUT2D eigenvalue weighted by molar-refractivity contribution is -0.111. The summed E-state index contributed by atoms with van der Waals surface area (Å²) in [5, 5.41) is 0. The smallest absolute Gasteiger partial charge is 0.130 e. The molecule has 0 aliphatic heterocycles. The van der Waals surface area contributed by atoms with Gasteiger partial charge in [-0.2, -0.15) is 0 Å². The number of benzene rings is 1. The molecule has 0 aliphatic rings. The number of aldehydes is 1. The average Bonchev–Trinajstić information content (AvgIpc) is 2.29. The van der Waals surface area contributed by atoms with Crippen molar-refractivity contribution < 1.29 is 14.3 Å². The molecule has 0 heterocycles. The molecule has 1 aromatic carbocycles. The summed E-state index contributed by atoms with van der Waals surface area (Å²) in [5.41, 5.74) is 0.272. The standard InChI is InChI=1S/C13H18O3/c1-5-16-10-6-7-12(15-4)11(8-10)13(2,3)9-14/h6-9H,5H2,1-4H3. The fraction of sp³-hybridized carbons (Fsp3) is 0.462. The van der Waals surface area contributed by atoms with Crippen LogP contribution in [0.4, 0.5) is 0 Å². The van der Waals surface area contributed by atoms with Crippen molar-refractivity contribution in [1.29, 1.82) is 0 Å². The molecule has 3 heteroatoms. The molecule has 1 rings (SSSR count). The highest BCUT2D eigenvalue weighted by molar-refractivity contribution is 5.69. The third kappa shape index (κ3) is 2.54. The highest BCUT2D eigenvalue weighted by atomic mass is 16.5. The molecule has 0 bridgehead atoms. The summed E-state index contributed by atoms with van der Waals surface area (Å²) in [5.74, 6) is 1.47. The fourth-order valence-corrected chi connectivity index (χ4v) is 1.51. The lowest BCUT2D eigenvalue weighted by Crippen LogP contribution is -2.19. The van der Waals surface area contributed by atoms with E-state index in [0.717, 1.165) is 17.6 Å². The summed E-state index contributed by atoms with van der Waals surface area (Å²) >= 11 is 0. The van der Waals surface area contributed by atoms with Crippen molar-refractivity contribution in [3.63, 3.8) is 0 Å². The lowest BCUT2D eigenvalue weighted by Gasteiger charge is -2.21. The van der Waals surface area contributed by atoms with Crippen LogP contribution in [0.2, 0.25) is 0 Å². The van der Waals surface area contributed by atoms with Crippen molar-refractivity contribution in [2.75, 3.05) is 13.7 Å². The normalized spacial score (nSPS) is 11.0. The van der Waals surface area contributed by atoms with E-state index in [0.29, 0.717) is 12.4 Å². The van der Waals surface area contributed by atoms with Crippen molar-refractivity contribution >= 4 is 6.29 Å². The van der Waals surface area contributed by atoms with Crippen LogP contribution in [0.25, 0.3) is 0 Å². The number of ether oxygens (including phenoxy) is 2. The number of carbonyl (C=O) groups is 1. The van der Waals surface area contributed by atoms with Gasteiger partial charge in [0.2, 0.25) is 0 Å². The van der Waals surface area contributed by atoms with Crippen LogP contribution in [-0.4, -0.2) is 20.0 Å². The first-order valence-electron chi connectivity index (χ1n) is 5.32. The molecule has 16 heavy (non-hydrogen) atoms. The predicted octanol–water partition coefficient (Wildman–Crippen LogP) is 2.57. The Kier molecular flexibility index (Phi) is 3.93. The zero-order valence-electron chi connectivity index (χ0n) is 10.2. The molecule has 0 unspecified atom stereocenters. The summed E-state index contributed by atoms with van der Waals surface area (Å²) < 4.78 is 10.7. The maximum absolute atomic E-state index is 11.1. The van der Waals surface area contributed by atoms with Crippen molar-refractivity contribution in [1.82, 2.24) is 0 Å². The van der Waals surface area contributed by atoms with Gasteiger partial charge in [-0.1, -0.05) is 0 Å².